The predicted octanol–water partition coefficient (Wildman–Crippen LogP) is 5.26. The van der Waals surface area contributed by atoms with Crippen LogP contribution in [0.25, 0.3) is 0 Å². The van der Waals surface area contributed by atoms with E-state index in [0.29, 0.717) is 77.5 Å². The third-order valence-electron chi connectivity index (χ3n) is 6.45. The van der Waals surface area contributed by atoms with Gasteiger partial charge in [0.15, 0.2) is 17.5 Å². The van der Waals surface area contributed by atoms with Gasteiger partial charge in [-0.05, 0) is 79.9 Å². The highest BCUT2D eigenvalue weighted by molar-refractivity contribution is 14.1. The van der Waals surface area contributed by atoms with E-state index in [1.54, 1.807) is 56.1 Å². The summed E-state index contributed by atoms with van der Waals surface area (Å²) in [6.07, 6.45) is 0. The van der Waals surface area contributed by atoms with E-state index in [1.807, 2.05) is 15.9 Å². The van der Waals surface area contributed by atoms with E-state index in [0.717, 1.165) is 22.7 Å². The van der Waals surface area contributed by atoms with Crippen molar-refractivity contribution in [1.82, 2.24) is 15.0 Å². The van der Waals surface area contributed by atoms with Gasteiger partial charge in [0.1, 0.15) is 11.6 Å². The average molecular weight is 960 g/mol. The largest absolute Gasteiger partial charge is 0.378 e. The van der Waals surface area contributed by atoms with Gasteiger partial charge in [-0.2, -0.15) is 23.1 Å². The van der Waals surface area contributed by atoms with Gasteiger partial charge in [0.05, 0.1) is 46.8 Å². The Morgan fingerprint density at radius 3 is 1.48 bits per heavy atom. The topological polar surface area (TPSA) is 76.1 Å². The summed E-state index contributed by atoms with van der Waals surface area (Å²) < 4.78 is 82.6. The Labute approximate surface area is 292 Å². The molecule has 17 heteroatoms. The Morgan fingerprint density at radius 2 is 0.977 bits per heavy atom. The first-order valence-corrected chi connectivity index (χ1v) is 16.7. The van der Waals surface area contributed by atoms with Crippen molar-refractivity contribution in [2.24, 2.45) is 0 Å². The van der Waals surface area contributed by atoms with E-state index in [2.05, 4.69) is 37.5 Å². The molecule has 240 valence electrons. The number of morpholine rings is 3. The number of ether oxygens (including phenoxy) is 3. The molecule has 3 aromatic heterocycles. The van der Waals surface area contributed by atoms with Gasteiger partial charge in [0.2, 0.25) is 11.9 Å². The van der Waals surface area contributed by atoms with Crippen LogP contribution in [-0.4, -0.2) is 93.9 Å². The molecule has 0 saturated carbocycles. The van der Waals surface area contributed by atoms with Crippen molar-refractivity contribution in [2.45, 2.75) is 0 Å². The Balaban J connectivity index is 0.000000151. The quantitative estimate of drug-likeness (QED) is 0.199. The molecule has 6 rings (SSSR count). The summed E-state index contributed by atoms with van der Waals surface area (Å²) >= 11 is 5.61. The molecule has 3 aliphatic heterocycles. The molecule has 0 spiro atoms. The van der Waals surface area contributed by atoms with Crippen LogP contribution < -0.4 is 14.7 Å². The molecule has 0 aromatic carbocycles. The highest BCUT2D eigenvalue weighted by Gasteiger charge is 2.20. The van der Waals surface area contributed by atoms with Crippen LogP contribution in [0.2, 0.25) is 0 Å². The number of halogens is 8. The standard InChI is InChI=1S/2C9H9F2IN2O.C9H10FIN2O/c10-8-6(12)5-7(13-9(8)11)14-1-3-15-4-2-14;10-7-5-6(12)8(11)9(13-7)14-1-3-15-4-2-14;10-8-5-7(11)6-9(12-8)13-1-3-14-4-2-13/h2*5H,1-4H2;5-6H,1-4H2. The molecular weight excluding hydrogens is 932 g/mol. The van der Waals surface area contributed by atoms with Gasteiger partial charge in [-0.3, -0.25) is 0 Å². The lowest BCUT2D eigenvalue weighted by molar-refractivity contribution is 0.122. The van der Waals surface area contributed by atoms with Crippen molar-refractivity contribution < 1.29 is 36.2 Å². The van der Waals surface area contributed by atoms with Crippen LogP contribution >= 0.6 is 67.8 Å². The number of aromatic nitrogens is 3. The van der Waals surface area contributed by atoms with Gasteiger partial charge < -0.3 is 28.9 Å². The summed E-state index contributed by atoms with van der Waals surface area (Å²) in [6.45, 7) is 7.59. The zero-order valence-electron chi connectivity index (χ0n) is 23.2. The maximum Gasteiger partial charge on any atom is 0.251 e. The molecule has 0 atom stereocenters. The van der Waals surface area contributed by atoms with Crippen molar-refractivity contribution in [3.8, 4) is 0 Å². The van der Waals surface area contributed by atoms with Crippen molar-refractivity contribution in [2.75, 3.05) is 93.6 Å². The molecule has 3 aliphatic rings. The SMILES string of the molecule is Fc1cc(I)c(F)c(N2CCOCC2)n1.Fc1cc(I)cc(N2CCOCC2)n1.Fc1nc(N2CCOCC2)cc(I)c1F. The van der Waals surface area contributed by atoms with E-state index in [1.165, 1.54) is 6.07 Å². The van der Waals surface area contributed by atoms with Crippen molar-refractivity contribution >= 4 is 85.2 Å². The van der Waals surface area contributed by atoms with Gasteiger partial charge in [-0.1, -0.05) is 0 Å². The molecule has 0 aliphatic carbocycles. The van der Waals surface area contributed by atoms with Gasteiger partial charge >= 0.3 is 0 Å². The van der Waals surface area contributed by atoms with Crippen LogP contribution in [0.15, 0.2) is 24.3 Å². The van der Waals surface area contributed by atoms with E-state index in [9.17, 15) is 22.0 Å². The highest BCUT2D eigenvalue weighted by atomic mass is 127. The fraction of sp³-hybridized carbons (Fsp3) is 0.444. The molecule has 44 heavy (non-hydrogen) atoms. The number of hydrogen-bond donors (Lipinski definition) is 0. The molecule has 0 unspecified atom stereocenters. The molecule has 3 saturated heterocycles. The maximum atomic E-state index is 13.6. The molecule has 0 radical (unpaired) electrons. The number of hydrogen-bond acceptors (Lipinski definition) is 9. The second-order valence-corrected chi connectivity index (χ2v) is 13.0. The fourth-order valence-electron chi connectivity index (χ4n) is 4.26. The molecule has 3 fully saturated rings. The van der Waals surface area contributed by atoms with Crippen LogP contribution in [0.4, 0.5) is 39.4 Å². The third kappa shape index (κ3) is 10.3. The lowest BCUT2D eigenvalue weighted by atomic mass is 10.3. The van der Waals surface area contributed by atoms with Crippen LogP contribution in [0.5, 0.6) is 0 Å². The fourth-order valence-corrected chi connectivity index (χ4v) is 5.80. The lowest BCUT2D eigenvalue weighted by Gasteiger charge is -2.28. The Hall–Kier alpha value is -1.43. The molecule has 3 aromatic rings. The Morgan fingerprint density at radius 1 is 0.523 bits per heavy atom. The summed E-state index contributed by atoms with van der Waals surface area (Å²) in [4.78, 5) is 16.6. The smallest absolute Gasteiger partial charge is 0.251 e. The molecule has 0 amide bonds. The van der Waals surface area contributed by atoms with Gasteiger partial charge in [-0.25, -0.2) is 13.8 Å². The minimum Gasteiger partial charge on any atom is -0.378 e. The minimum absolute atomic E-state index is 0.0858. The zero-order chi connectivity index (χ0) is 31.6. The van der Waals surface area contributed by atoms with Crippen molar-refractivity contribution in [3.63, 3.8) is 0 Å². The minimum atomic E-state index is -1.04. The Bertz CT molecular complexity index is 1350. The number of nitrogens with zero attached hydrogens (tertiary/aromatic N) is 6. The molecule has 0 bridgehead atoms. The summed E-state index contributed by atoms with van der Waals surface area (Å²) in [5.74, 6) is -2.18. The highest BCUT2D eigenvalue weighted by Crippen LogP contribution is 2.23. The van der Waals surface area contributed by atoms with Crippen molar-refractivity contribution in [1.29, 1.82) is 0 Å². The van der Waals surface area contributed by atoms with E-state index < -0.39 is 29.5 Å². The first-order chi connectivity index (χ1) is 21.1. The van der Waals surface area contributed by atoms with E-state index >= 15 is 0 Å². The summed E-state index contributed by atoms with van der Waals surface area (Å²) in [6, 6.07) is 5.93. The Kier molecular flexibility index (Phi) is 14.1. The predicted molar refractivity (Wildman–Crippen MR) is 180 cm³/mol. The number of rotatable bonds is 3. The average Bonchev–Trinajstić information content (AvgIpc) is 3.03. The first kappa shape index (κ1) is 35.4. The van der Waals surface area contributed by atoms with Crippen LogP contribution in [0.3, 0.4) is 0 Å². The lowest BCUT2D eigenvalue weighted by Crippen LogP contribution is -2.37. The van der Waals surface area contributed by atoms with Gasteiger partial charge in [0, 0.05) is 55.0 Å². The molecule has 9 nitrogen and oxygen atoms in total. The van der Waals surface area contributed by atoms with Crippen molar-refractivity contribution in [3.05, 3.63) is 64.5 Å². The second kappa shape index (κ2) is 17.5. The summed E-state index contributed by atoms with van der Waals surface area (Å²) in [7, 11) is 0. The van der Waals surface area contributed by atoms with Gasteiger partial charge in [0.25, 0.3) is 5.95 Å². The zero-order valence-corrected chi connectivity index (χ0v) is 29.7. The van der Waals surface area contributed by atoms with E-state index in [-0.39, 0.29) is 13.0 Å². The molecule has 0 N–H and O–H groups in total. The molecular formula is C27H28F5I3N6O3. The van der Waals surface area contributed by atoms with E-state index in [4.69, 9.17) is 14.2 Å². The monoisotopic (exact) mass is 960 g/mol. The first-order valence-electron chi connectivity index (χ1n) is 13.5. The molecule has 6 heterocycles. The second-order valence-electron chi connectivity index (χ2n) is 9.40. The summed E-state index contributed by atoms with van der Waals surface area (Å²) in [5.41, 5.74) is 0. The number of pyridine rings is 3. The van der Waals surface area contributed by atoms with Crippen LogP contribution in [0.1, 0.15) is 0 Å². The normalized spacial score (nSPS) is 17.0. The maximum absolute atomic E-state index is 13.6. The summed E-state index contributed by atoms with van der Waals surface area (Å²) in [5, 5.41) is 0. The van der Waals surface area contributed by atoms with Gasteiger partial charge in [-0.15, -0.1) is 0 Å². The van der Waals surface area contributed by atoms with Crippen LogP contribution in [0, 0.1) is 40.2 Å². The number of anilines is 3. The third-order valence-corrected chi connectivity index (χ3v) is 8.64. The van der Waals surface area contributed by atoms with Crippen LogP contribution in [-0.2, 0) is 14.2 Å².